The monoisotopic (exact) mass is 609 g/mol. The lowest BCUT2D eigenvalue weighted by atomic mass is 9.79. The highest BCUT2D eigenvalue weighted by molar-refractivity contribution is 6.03. The topological polar surface area (TPSA) is 6.25 Å². The molecular formula is C44H53N2+. The largest absolute Gasteiger partial charge is 0.344 e. The Bertz CT molecular complexity index is 1720. The Labute approximate surface area is 278 Å². The molecule has 0 saturated carbocycles. The lowest BCUT2D eigenvalue weighted by molar-refractivity contribution is -0.438. The third-order valence-corrected chi connectivity index (χ3v) is 10.6. The van der Waals surface area contributed by atoms with Crippen LogP contribution in [0.4, 0.5) is 11.4 Å². The Morgan fingerprint density at radius 2 is 1.41 bits per heavy atom. The van der Waals surface area contributed by atoms with Gasteiger partial charge in [-0.05, 0) is 79.5 Å². The molecule has 0 bridgehead atoms. The number of rotatable bonds is 10. The fourth-order valence-electron chi connectivity index (χ4n) is 7.99. The van der Waals surface area contributed by atoms with Crippen molar-refractivity contribution < 1.29 is 4.58 Å². The molecule has 0 radical (unpaired) electrons. The van der Waals surface area contributed by atoms with Gasteiger partial charge in [-0.15, -0.1) is 0 Å². The third kappa shape index (κ3) is 5.88. The quantitative estimate of drug-likeness (QED) is 0.207. The SMILES string of the molecule is CCCCN1C(=CC=C2CCCC(C=CC3=[N+](CCCC)c4ccccc4C3(C)C)=C2c2ccccc2)C(C)(C)c2ccccc21. The van der Waals surface area contributed by atoms with Crippen molar-refractivity contribution in [1.82, 2.24) is 0 Å². The highest BCUT2D eigenvalue weighted by Gasteiger charge is 2.44. The van der Waals surface area contributed by atoms with Gasteiger partial charge in [-0.25, -0.2) is 0 Å². The zero-order chi connectivity index (χ0) is 32.3. The molecule has 2 aliphatic heterocycles. The Morgan fingerprint density at radius 1 is 0.717 bits per heavy atom. The first-order valence-corrected chi connectivity index (χ1v) is 17.8. The lowest BCUT2D eigenvalue weighted by Gasteiger charge is -2.27. The summed E-state index contributed by atoms with van der Waals surface area (Å²) >= 11 is 0. The molecule has 0 atom stereocenters. The zero-order valence-corrected chi connectivity index (χ0v) is 29.1. The van der Waals surface area contributed by atoms with Crippen LogP contribution in [0, 0.1) is 0 Å². The average molecular weight is 610 g/mol. The maximum absolute atomic E-state index is 2.59. The number of nitrogens with zero attached hydrogens (tertiary/aromatic N) is 2. The second kappa shape index (κ2) is 13.4. The maximum Gasteiger partial charge on any atom is 0.209 e. The molecule has 3 aromatic carbocycles. The molecule has 238 valence electrons. The van der Waals surface area contributed by atoms with Crippen molar-refractivity contribution in [3.05, 3.63) is 137 Å². The van der Waals surface area contributed by atoms with E-state index in [1.54, 1.807) is 0 Å². The van der Waals surface area contributed by atoms with E-state index in [0.717, 1.165) is 25.9 Å². The minimum Gasteiger partial charge on any atom is -0.344 e. The van der Waals surface area contributed by atoms with Gasteiger partial charge >= 0.3 is 0 Å². The number of hydrogen-bond donors (Lipinski definition) is 0. The first kappa shape index (κ1) is 32.0. The Hall–Kier alpha value is -3.91. The van der Waals surface area contributed by atoms with E-state index in [1.807, 2.05) is 0 Å². The smallest absolute Gasteiger partial charge is 0.209 e. The van der Waals surface area contributed by atoms with Gasteiger partial charge in [0, 0.05) is 47.5 Å². The zero-order valence-electron chi connectivity index (χ0n) is 29.1. The van der Waals surface area contributed by atoms with Gasteiger partial charge in [0.25, 0.3) is 0 Å². The normalized spacial score (nSPS) is 20.3. The number of fused-ring (bicyclic) bond motifs is 2. The van der Waals surface area contributed by atoms with E-state index in [2.05, 4.69) is 154 Å². The Kier molecular flexibility index (Phi) is 9.37. The molecule has 0 aromatic heterocycles. The predicted molar refractivity (Wildman–Crippen MR) is 198 cm³/mol. The summed E-state index contributed by atoms with van der Waals surface area (Å²) in [5.74, 6) is 0. The third-order valence-electron chi connectivity index (χ3n) is 10.6. The van der Waals surface area contributed by atoms with Gasteiger partial charge in [0.1, 0.15) is 6.54 Å². The predicted octanol–water partition coefficient (Wildman–Crippen LogP) is 11.5. The minimum atomic E-state index is -0.0307. The first-order valence-electron chi connectivity index (χ1n) is 17.8. The molecule has 0 amide bonds. The van der Waals surface area contributed by atoms with Crippen LogP contribution in [0.1, 0.15) is 103 Å². The molecule has 1 aliphatic carbocycles. The second-order valence-corrected chi connectivity index (χ2v) is 14.4. The molecule has 3 aliphatic rings. The van der Waals surface area contributed by atoms with E-state index < -0.39 is 0 Å². The van der Waals surface area contributed by atoms with E-state index in [-0.39, 0.29) is 10.8 Å². The molecule has 2 heteroatoms. The molecule has 0 N–H and O–H groups in total. The van der Waals surface area contributed by atoms with Gasteiger partial charge in [-0.1, -0.05) is 119 Å². The van der Waals surface area contributed by atoms with Crippen LogP contribution in [0.2, 0.25) is 0 Å². The van der Waals surface area contributed by atoms with Gasteiger partial charge in [0.2, 0.25) is 5.69 Å². The van der Waals surface area contributed by atoms with E-state index in [0.29, 0.717) is 0 Å². The van der Waals surface area contributed by atoms with Crippen LogP contribution in [0.5, 0.6) is 0 Å². The Morgan fingerprint density at radius 3 is 2.17 bits per heavy atom. The van der Waals surface area contributed by atoms with Gasteiger partial charge in [0.15, 0.2) is 5.71 Å². The highest BCUT2D eigenvalue weighted by Crippen LogP contribution is 2.48. The average Bonchev–Trinajstić information content (AvgIpc) is 3.42. The van der Waals surface area contributed by atoms with Gasteiger partial charge in [-0.3, -0.25) is 0 Å². The van der Waals surface area contributed by atoms with Gasteiger partial charge in [-0.2, -0.15) is 4.58 Å². The van der Waals surface area contributed by atoms with Crippen molar-refractivity contribution >= 4 is 22.7 Å². The molecule has 3 aromatic rings. The summed E-state index contributed by atoms with van der Waals surface area (Å²) in [5, 5.41) is 0. The minimum absolute atomic E-state index is 0.0307. The number of benzene rings is 3. The summed E-state index contributed by atoms with van der Waals surface area (Å²) in [5.41, 5.74) is 14.0. The summed E-state index contributed by atoms with van der Waals surface area (Å²) in [6.07, 6.45) is 18.0. The second-order valence-electron chi connectivity index (χ2n) is 14.4. The van der Waals surface area contributed by atoms with Crippen molar-refractivity contribution in [2.45, 2.75) is 97.3 Å². The number of unbranched alkanes of at least 4 members (excludes halogenated alkanes) is 2. The maximum atomic E-state index is 2.59. The van der Waals surface area contributed by atoms with Crippen LogP contribution >= 0.6 is 0 Å². The molecule has 6 rings (SSSR count). The van der Waals surface area contributed by atoms with Crippen LogP contribution in [-0.4, -0.2) is 23.4 Å². The summed E-state index contributed by atoms with van der Waals surface area (Å²) in [6, 6.07) is 29.2. The van der Waals surface area contributed by atoms with Crippen LogP contribution in [0.25, 0.3) is 5.57 Å². The Balaban J connectivity index is 1.45. The number of anilines is 1. The molecule has 2 nitrogen and oxygen atoms in total. The molecule has 2 heterocycles. The molecule has 0 saturated heterocycles. The van der Waals surface area contributed by atoms with Crippen molar-refractivity contribution in [3.63, 3.8) is 0 Å². The molecule has 46 heavy (non-hydrogen) atoms. The van der Waals surface area contributed by atoms with Crippen LogP contribution < -0.4 is 4.90 Å². The van der Waals surface area contributed by atoms with Crippen LogP contribution in [-0.2, 0) is 10.8 Å². The summed E-state index contributed by atoms with van der Waals surface area (Å²) in [6.45, 7) is 16.3. The lowest BCUT2D eigenvalue weighted by Crippen LogP contribution is -2.28. The van der Waals surface area contributed by atoms with Crippen LogP contribution in [0.15, 0.2) is 120 Å². The van der Waals surface area contributed by atoms with Crippen molar-refractivity contribution in [1.29, 1.82) is 0 Å². The van der Waals surface area contributed by atoms with E-state index in [9.17, 15) is 0 Å². The molecule has 0 fully saturated rings. The first-order chi connectivity index (χ1) is 22.3. The molecule has 0 spiro atoms. The van der Waals surface area contributed by atoms with E-state index in [1.165, 1.54) is 88.3 Å². The summed E-state index contributed by atoms with van der Waals surface area (Å²) in [7, 11) is 0. The molecular weight excluding hydrogens is 556 g/mol. The summed E-state index contributed by atoms with van der Waals surface area (Å²) in [4.78, 5) is 2.59. The van der Waals surface area contributed by atoms with Crippen molar-refractivity contribution in [2.24, 2.45) is 0 Å². The fourth-order valence-corrected chi connectivity index (χ4v) is 7.99. The van der Waals surface area contributed by atoms with Gasteiger partial charge in [0.05, 0.1) is 5.41 Å². The van der Waals surface area contributed by atoms with Crippen molar-refractivity contribution in [2.75, 3.05) is 18.0 Å². The highest BCUT2D eigenvalue weighted by atomic mass is 15.2. The van der Waals surface area contributed by atoms with Crippen LogP contribution in [0.3, 0.4) is 0 Å². The summed E-state index contributed by atoms with van der Waals surface area (Å²) < 4.78 is 2.59. The fraction of sp³-hybridized carbons (Fsp3) is 0.386. The van der Waals surface area contributed by atoms with E-state index in [4.69, 9.17) is 0 Å². The number of para-hydroxylation sites is 2. The molecule has 0 unspecified atom stereocenters. The number of hydrogen-bond acceptors (Lipinski definition) is 1. The van der Waals surface area contributed by atoms with Crippen molar-refractivity contribution in [3.8, 4) is 0 Å². The number of allylic oxidation sites excluding steroid dienone is 8. The standard InChI is InChI=1S/C44H53N2/c1-7-9-31-45-38-25-16-14-23-36(38)43(3,4)40(45)29-27-34-21-18-22-35(42(34)33-19-12-11-13-20-33)28-30-41-44(5,6)37-24-15-17-26-39(37)46(41)32-10-8-2/h11-17,19-20,23-30H,7-10,18,21-22,31-32H2,1-6H3/q+1. The van der Waals surface area contributed by atoms with Gasteiger partial charge < -0.3 is 4.90 Å². The van der Waals surface area contributed by atoms with E-state index >= 15 is 0 Å².